The number of piperidine rings is 1. The molecular weight excluding hydrogens is 204 g/mol. The summed E-state index contributed by atoms with van der Waals surface area (Å²) in [4.78, 5) is 13.8. The monoisotopic (exact) mass is 228 g/mol. The number of likely N-dealkylation sites (tertiary alicyclic amines) is 1. The van der Waals surface area contributed by atoms with Crippen molar-refractivity contribution in [3.63, 3.8) is 0 Å². The highest BCUT2D eigenvalue weighted by molar-refractivity contribution is 5.69. The number of nitrogens with two attached hydrogens (primary N) is 1. The smallest absolute Gasteiger partial charge is 0.410 e. The molecule has 1 aliphatic heterocycles. The minimum atomic E-state index is -0.450. The van der Waals surface area contributed by atoms with Crippen molar-refractivity contribution in [3.05, 3.63) is 0 Å². The number of hydrogen-bond acceptors (Lipinski definition) is 3. The zero-order chi connectivity index (χ0) is 12.6. The van der Waals surface area contributed by atoms with Gasteiger partial charge in [0.15, 0.2) is 0 Å². The maximum absolute atomic E-state index is 12.0. The van der Waals surface area contributed by atoms with Gasteiger partial charge in [-0.05, 0) is 47.5 Å². The Kier molecular flexibility index (Phi) is 3.53. The normalized spacial score (nSPS) is 25.4. The number of ether oxygens (including phenoxy) is 1. The lowest BCUT2D eigenvalue weighted by atomic mass is 9.89. The van der Waals surface area contributed by atoms with E-state index in [1.807, 2.05) is 20.8 Å². The first-order valence-electron chi connectivity index (χ1n) is 5.88. The van der Waals surface area contributed by atoms with Gasteiger partial charge in [0.05, 0.1) is 0 Å². The van der Waals surface area contributed by atoms with Crippen molar-refractivity contribution in [2.24, 2.45) is 5.73 Å². The predicted molar refractivity (Wildman–Crippen MR) is 64.2 cm³/mol. The van der Waals surface area contributed by atoms with E-state index in [0.29, 0.717) is 6.54 Å². The molecule has 1 unspecified atom stereocenters. The summed E-state index contributed by atoms with van der Waals surface area (Å²) in [5, 5.41) is 0. The maximum atomic E-state index is 12.0. The maximum Gasteiger partial charge on any atom is 0.410 e. The average Bonchev–Trinajstić information content (AvgIpc) is 2.06. The Balaban J connectivity index is 2.72. The molecule has 4 nitrogen and oxygen atoms in total. The number of carbonyl (C=O) groups excluding carboxylic acids is 1. The summed E-state index contributed by atoms with van der Waals surface area (Å²) in [5.74, 6) is 0. The molecule has 4 heteroatoms. The van der Waals surface area contributed by atoms with E-state index >= 15 is 0 Å². The summed E-state index contributed by atoms with van der Waals surface area (Å²) in [6.07, 6.45) is 1.63. The lowest BCUT2D eigenvalue weighted by Gasteiger charge is -2.44. The van der Waals surface area contributed by atoms with Gasteiger partial charge in [-0.2, -0.15) is 0 Å². The van der Waals surface area contributed by atoms with E-state index in [-0.39, 0.29) is 17.7 Å². The molecule has 0 saturated carbocycles. The first kappa shape index (κ1) is 13.3. The molecule has 1 saturated heterocycles. The first-order valence-corrected chi connectivity index (χ1v) is 5.88. The molecule has 1 amide bonds. The van der Waals surface area contributed by atoms with Crippen LogP contribution in [-0.4, -0.2) is 34.7 Å². The molecule has 2 N–H and O–H groups in total. The lowest BCUT2D eigenvalue weighted by molar-refractivity contribution is -0.00938. The van der Waals surface area contributed by atoms with Crippen LogP contribution in [-0.2, 0) is 4.74 Å². The third-order valence-electron chi connectivity index (χ3n) is 2.89. The molecule has 0 aromatic carbocycles. The van der Waals surface area contributed by atoms with Gasteiger partial charge in [0.25, 0.3) is 0 Å². The summed E-state index contributed by atoms with van der Waals surface area (Å²) >= 11 is 0. The van der Waals surface area contributed by atoms with Crippen LogP contribution < -0.4 is 5.73 Å². The van der Waals surface area contributed by atoms with Crippen LogP contribution in [0.5, 0.6) is 0 Å². The largest absolute Gasteiger partial charge is 0.444 e. The second-order valence-electron chi connectivity index (χ2n) is 6.20. The van der Waals surface area contributed by atoms with Gasteiger partial charge < -0.3 is 15.4 Å². The molecule has 1 atom stereocenters. The van der Waals surface area contributed by atoms with Gasteiger partial charge in [-0.1, -0.05) is 0 Å². The molecule has 1 heterocycles. The summed E-state index contributed by atoms with van der Waals surface area (Å²) in [7, 11) is 0. The van der Waals surface area contributed by atoms with Crippen molar-refractivity contribution >= 4 is 6.09 Å². The summed E-state index contributed by atoms with van der Waals surface area (Å²) in [6, 6.07) is 0.0699. The topological polar surface area (TPSA) is 55.6 Å². The highest BCUT2D eigenvalue weighted by Gasteiger charge is 2.38. The van der Waals surface area contributed by atoms with Gasteiger partial charge in [0.2, 0.25) is 0 Å². The van der Waals surface area contributed by atoms with Crippen LogP contribution in [0.2, 0.25) is 0 Å². The molecule has 0 radical (unpaired) electrons. The van der Waals surface area contributed by atoms with Crippen molar-refractivity contribution in [1.29, 1.82) is 0 Å². The van der Waals surface area contributed by atoms with Gasteiger partial charge in [-0.15, -0.1) is 0 Å². The third-order valence-corrected chi connectivity index (χ3v) is 2.89. The van der Waals surface area contributed by atoms with E-state index in [9.17, 15) is 4.79 Å². The zero-order valence-electron chi connectivity index (χ0n) is 11.0. The number of carbonyl (C=O) groups is 1. The number of hydrogen-bond donors (Lipinski definition) is 1. The molecule has 0 bridgehead atoms. The molecular formula is C12H24N2O2. The van der Waals surface area contributed by atoms with E-state index in [0.717, 1.165) is 12.8 Å². The van der Waals surface area contributed by atoms with Crippen LogP contribution in [0.15, 0.2) is 0 Å². The van der Waals surface area contributed by atoms with Crippen LogP contribution in [0.25, 0.3) is 0 Å². The molecule has 94 valence electrons. The molecule has 1 fully saturated rings. The third kappa shape index (κ3) is 3.37. The van der Waals surface area contributed by atoms with Crippen molar-refractivity contribution < 1.29 is 9.53 Å². The van der Waals surface area contributed by atoms with Gasteiger partial charge in [0, 0.05) is 18.1 Å². The van der Waals surface area contributed by atoms with Crippen LogP contribution in [0.4, 0.5) is 4.79 Å². The van der Waals surface area contributed by atoms with E-state index in [2.05, 4.69) is 13.8 Å². The lowest BCUT2D eigenvalue weighted by Crippen LogP contribution is -2.57. The van der Waals surface area contributed by atoms with Crippen molar-refractivity contribution in [3.8, 4) is 0 Å². The van der Waals surface area contributed by atoms with E-state index in [1.54, 1.807) is 4.90 Å². The van der Waals surface area contributed by atoms with Gasteiger partial charge in [-0.3, -0.25) is 0 Å². The molecule has 0 aromatic rings. The molecule has 0 aromatic heterocycles. The molecule has 0 spiro atoms. The van der Waals surface area contributed by atoms with Crippen molar-refractivity contribution in [2.75, 3.05) is 6.54 Å². The minimum Gasteiger partial charge on any atom is -0.444 e. The fourth-order valence-electron chi connectivity index (χ4n) is 1.89. The minimum absolute atomic E-state index is 0.0699. The van der Waals surface area contributed by atoms with Gasteiger partial charge in [0.1, 0.15) is 5.60 Å². The summed E-state index contributed by atoms with van der Waals surface area (Å²) in [5.41, 5.74) is 5.29. The summed E-state index contributed by atoms with van der Waals surface area (Å²) in [6.45, 7) is 10.3. The van der Waals surface area contributed by atoms with Crippen LogP contribution in [0.3, 0.4) is 0 Å². The predicted octanol–water partition coefficient (Wildman–Crippen LogP) is 2.12. The van der Waals surface area contributed by atoms with E-state index in [1.165, 1.54) is 0 Å². The average molecular weight is 228 g/mol. The zero-order valence-corrected chi connectivity index (χ0v) is 11.0. The summed E-state index contributed by atoms with van der Waals surface area (Å²) < 4.78 is 5.39. The van der Waals surface area contributed by atoms with Crippen LogP contribution in [0.1, 0.15) is 47.5 Å². The highest BCUT2D eigenvalue weighted by atomic mass is 16.6. The molecule has 1 aliphatic rings. The highest BCUT2D eigenvalue weighted by Crippen LogP contribution is 2.28. The molecule has 0 aliphatic carbocycles. The molecule has 1 rings (SSSR count). The van der Waals surface area contributed by atoms with Crippen LogP contribution >= 0.6 is 0 Å². The van der Waals surface area contributed by atoms with Crippen molar-refractivity contribution in [2.45, 2.75) is 64.6 Å². The fourth-order valence-corrected chi connectivity index (χ4v) is 1.89. The van der Waals surface area contributed by atoms with Gasteiger partial charge >= 0.3 is 6.09 Å². The fraction of sp³-hybridized carbons (Fsp3) is 0.917. The second-order valence-corrected chi connectivity index (χ2v) is 6.20. The van der Waals surface area contributed by atoms with E-state index < -0.39 is 5.60 Å². The first-order chi connectivity index (χ1) is 7.12. The van der Waals surface area contributed by atoms with Gasteiger partial charge in [-0.25, -0.2) is 4.79 Å². The quantitative estimate of drug-likeness (QED) is 0.691. The number of nitrogens with zero attached hydrogens (tertiary/aromatic N) is 1. The Bertz CT molecular complexity index is 269. The SMILES string of the molecule is CC(C)(C)OC(=O)N1CC(N)CCC1(C)C. The molecule has 16 heavy (non-hydrogen) atoms. The Morgan fingerprint density at radius 3 is 2.50 bits per heavy atom. The number of amides is 1. The van der Waals surface area contributed by atoms with Crippen LogP contribution in [0, 0.1) is 0 Å². The Hall–Kier alpha value is -0.770. The Labute approximate surface area is 98.1 Å². The van der Waals surface area contributed by atoms with E-state index in [4.69, 9.17) is 10.5 Å². The van der Waals surface area contributed by atoms with Crippen molar-refractivity contribution in [1.82, 2.24) is 4.90 Å². The second kappa shape index (κ2) is 4.24. The Morgan fingerprint density at radius 1 is 1.44 bits per heavy atom. The standard InChI is InChI=1S/C12H24N2O2/c1-11(2,3)16-10(15)14-8-9(13)6-7-12(14,4)5/h9H,6-8,13H2,1-5H3. The number of rotatable bonds is 0. The Morgan fingerprint density at radius 2 is 2.00 bits per heavy atom.